The van der Waals surface area contributed by atoms with Crippen molar-refractivity contribution >= 4 is 56.3 Å². The zero-order chi connectivity index (χ0) is 20.9. The van der Waals surface area contributed by atoms with Crippen molar-refractivity contribution in [2.75, 3.05) is 17.1 Å². The molecule has 29 heavy (non-hydrogen) atoms. The molecule has 3 rings (SSSR count). The minimum atomic E-state index is -4.01. The summed E-state index contributed by atoms with van der Waals surface area (Å²) in [5.74, 6) is -0.248. The van der Waals surface area contributed by atoms with Crippen LogP contribution in [0.1, 0.15) is 4.88 Å². The molecular weight excluding hydrogens is 432 g/mol. The van der Waals surface area contributed by atoms with E-state index < -0.39 is 10.0 Å². The number of halogens is 1. The summed E-state index contributed by atoms with van der Waals surface area (Å²) in [5, 5.41) is 4.82. The van der Waals surface area contributed by atoms with Crippen molar-refractivity contribution in [3.05, 3.63) is 76.0 Å². The maximum atomic E-state index is 12.9. The Kier molecular flexibility index (Phi) is 6.58. The zero-order valence-corrected chi connectivity index (χ0v) is 17.6. The van der Waals surface area contributed by atoms with Crippen LogP contribution in [0.3, 0.4) is 0 Å². The van der Waals surface area contributed by atoms with Gasteiger partial charge in [-0.1, -0.05) is 29.8 Å². The molecule has 3 aromatic rings. The van der Waals surface area contributed by atoms with E-state index in [1.54, 1.807) is 36.4 Å². The van der Waals surface area contributed by atoms with E-state index in [2.05, 4.69) is 10.0 Å². The second-order valence-electron chi connectivity index (χ2n) is 5.79. The predicted octanol–water partition coefficient (Wildman–Crippen LogP) is 4.86. The molecule has 9 heteroatoms. The molecule has 1 aromatic heterocycles. The Hall–Kier alpha value is -2.81. The van der Waals surface area contributed by atoms with Gasteiger partial charge >= 0.3 is 0 Å². The number of amides is 1. The summed E-state index contributed by atoms with van der Waals surface area (Å²) < 4.78 is 33.4. The Morgan fingerprint density at radius 3 is 2.62 bits per heavy atom. The first-order valence-corrected chi connectivity index (χ1v) is 11.1. The number of rotatable bonds is 7. The Morgan fingerprint density at radius 2 is 1.93 bits per heavy atom. The van der Waals surface area contributed by atoms with Crippen molar-refractivity contribution in [2.45, 2.75) is 4.90 Å². The third kappa shape index (κ3) is 5.38. The summed E-state index contributed by atoms with van der Waals surface area (Å²) in [6.45, 7) is 0. The van der Waals surface area contributed by atoms with E-state index in [0.29, 0.717) is 5.69 Å². The number of thiophene rings is 1. The normalized spacial score (nSPS) is 11.4. The highest BCUT2D eigenvalue weighted by molar-refractivity contribution is 7.92. The van der Waals surface area contributed by atoms with Crippen LogP contribution >= 0.6 is 22.9 Å². The number of methoxy groups -OCH3 is 1. The molecule has 2 N–H and O–H groups in total. The molecule has 0 radical (unpaired) electrons. The van der Waals surface area contributed by atoms with Crippen LogP contribution in [0.15, 0.2) is 70.9 Å². The van der Waals surface area contributed by atoms with Crippen molar-refractivity contribution in [1.82, 2.24) is 0 Å². The third-order valence-corrected chi connectivity index (χ3v) is 6.33. The summed E-state index contributed by atoms with van der Waals surface area (Å²) in [4.78, 5) is 13.0. The molecule has 0 aliphatic rings. The van der Waals surface area contributed by atoms with Crippen molar-refractivity contribution in [2.24, 2.45) is 0 Å². The van der Waals surface area contributed by atoms with Crippen LogP contribution in [-0.2, 0) is 14.8 Å². The monoisotopic (exact) mass is 448 g/mol. The van der Waals surface area contributed by atoms with Gasteiger partial charge in [0.2, 0.25) is 5.91 Å². The lowest BCUT2D eigenvalue weighted by atomic mass is 10.3. The molecule has 0 aliphatic carbocycles. The van der Waals surface area contributed by atoms with Crippen LogP contribution in [0, 0.1) is 0 Å². The number of hydrogen-bond donors (Lipinski definition) is 2. The van der Waals surface area contributed by atoms with Gasteiger partial charge in [0, 0.05) is 16.6 Å². The van der Waals surface area contributed by atoms with Gasteiger partial charge in [-0.15, -0.1) is 11.3 Å². The van der Waals surface area contributed by atoms with Gasteiger partial charge in [-0.25, -0.2) is 8.42 Å². The van der Waals surface area contributed by atoms with Gasteiger partial charge in [-0.2, -0.15) is 0 Å². The molecule has 0 saturated heterocycles. The molecule has 150 valence electrons. The number of carbonyl (C=O) groups excluding carboxylic acids is 1. The summed E-state index contributed by atoms with van der Waals surface area (Å²) >= 11 is 7.55. The molecule has 0 fully saturated rings. The lowest BCUT2D eigenvalue weighted by Gasteiger charge is -2.14. The Balaban J connectivity index is 1.84. The fraction of sp³-hybridized carbons (Fsp3) is 0.0500. The average Bonchev–Trinajstić information content (AvgIpc) is 3.22. The molecule has 0 atom stereocenters. The third-order valence-electron chi connectivity index (χ3n) is 3.78. The Bertz CT molecular complexity index is 1140. The predicted molar refractivity (Wildman–Crippen MR) is 117 cm³/mol. The highest BCUT2D eigenvalue weighted by Gasteiger charge is 2.21. The summed E-state index contributed by atoms with van der Waals surface area (Å²) in [5.41, 5.74) is 0.552. The number of carbonyl (C=O) groups is 1. The summed E-state index contributed by atoms with van der Waals surface area (Å²) in [7, 11) is -2.64. The molecule has 1 amide bonds. The maximum Gasteiger partial charge on any atom is 0.265 e. The van der Waals surface area contributed by atoms with Gasteiger partial charge in [0.1, 0.15) is 10.6 Å². The largest absolute Gasteiger partial charge is 0.495 e. The standard InChI is InChI=1S/C20H17ClN2O4S2/c1-27-18-10-8-14(22-20(24)11-9-15-5-4-12-28-15)13-19(18)29(25,26)23-17-7-3-2-6-16(17)21/h2-13,23H,1H3,(H,22,24)/b11-9+. The first-order chi connectivity index (χ1) is 13.9. The highest BCUT2D eigenvalue weighted by atomic mass is 35.5. The van der Waals surface area contributed by atoms with Crippen LogP contribution in [0.25, 0.3) is 6.08 Å². The lowest BCUT2D eigenvalue weighted by Crippen LogP contribution is -2.15. The van der Waals surface area contributed by atoms with Gasteiger partial charge in [-0.3, -0.25) is 9.52 Å². The van der Waals surface area contributed by atoms with Crippen LogP contribution in [0.4, 0.5) is 11.4 Å². The van der Waals surface area contributed by atoms with Crippen molar-refractivity contribution < 1.29 is 17.9 Å². The minimum Gasteiger partial charge on any atom is -0.495 e. The number of nitrogens with one attached hydrogen (secondary N) is 2. The molecular formula is C20H17ClN2O4S2. The number of sulfonamides is 1. The molecule has 0 saturated carbocycles. The fourth-order valence-electron chi connectivity index (χ4n) is 2.44. The van der Waals surface area contributed by atoms with E-state index in [1.807, 2.05) is 17.5 Å². The second kappa shape index (κ2) is 9.13. The molecule has 0 bridgehead atoms. The highest BCUT2D eigenvalue weighted by Crippen LogP contribution is 2.30. The molecule has 0 aliphatic heterocycles. The molecule has 2 aromatic carbocycles. The fourth-order valence-corrected chi connectivity index (χ4v) is 4.57. The van der Waals surface area contributed by atoms with Gasteiger partial charge in [0.25, 0.3) is 10.0 Å². The average molecular weight is 449 g/mol. The quantitative estimate of drug-likeness (QED) is 0.505. The van der Waals surface area contributed by atoms with Gasteiger partial charge < -0.3 is 10.1 Å². The van der Waals surface area contributed by atoms with Crippen LogP contribution in [0.5, 0.6) is 5.75 Å². The minimum absolute atomic E-state index is 0.125. The summed E-state index contributed by atoms with van der Waals surface area (Å²) in [6, 6.07) is 14.6. The van der Waals surface area contributed by atoms with Crippen LogP contribution in [-0.4, -0.2) is 21.4 Å². The second-order valence-corrected chi connectivity index (χ2v) is 8.83. The van der Waals surface area contributed by atoms with E-state index in [9.17, 15) is 13.2 Å². The Morgan fingerprint density at radius 1 is 1.14 bits per heavy atom. The lowest BCUT2D eigenvalue weighted by molar-refractivity contribution is -0.111. The topological polar surface area (TPSA) is 84.5 Å². The van der Waals surface area contributed by atoms with Gasteiger partial charge in [-0.05, 0) is 47.9 Å². The summed E-state index contributed by atoms with van der Waals surface area (Å²) in [6.07, 6.45) is 3.06. The number of anilines is 2. The molecule has 0 spiro atoms. The van der Waals surface area contributed by atoms with E-state index >= 15 is 0 Å². The number of para-hydroxylation sites is 1. The number of benzene rings is 2. The van der Waals surface area contributed by atoms with Crippen molar-refractivity contribution in [1.29, 1.82) is 0 Å². The number of hydrogen-bond acceptors (Lipinski definition) is 5. The Labute approximate surface area is 177 Å². The molecule has 0 unspecified atom stereocenters. The zero-order valence-electron chi connectivity index (χ0n) is 15.3. The van der Waals surface area contributed by atoms with Gasteiger partial charge in [0.05, 0.1) is 17.8 Å². The number of ether oxygens (including phenoxy) is 1. The first kappa shape index (κ1) is 20.9. The van der Waals surface area contributed by atoms with Crippen LogP contribution in [0.2, 0.25) is 5.02 Å². The molecule has 6 nitrogen and oxygen atoms in total. The van der Waals surface area contributed by atoms with Crippen molar-refractivity contribution in [3.63, 3.8) is 0 Å². The molecule has 1 heterocycles. The van der Waals surface area contributed by atoms with Crippen molar-refractivity contribution in [3.8, 4) is 5.75 Å². The van der Waals surface area contributed by atoms with E-state index in [-0.39, 0.29) is 27.3 Å². The van der Waals surface area contributed by atoms with E-state index in [1.165, 1.54) is 36.7 Å². The smallest absolute Gasteiger partial charge is 0.265 e. The SMILES string of the molecule is COc1ccc(NC(=O)/C=C/c2cccs2)cc1S(=O)(=O)Nc1ccccc1Cl. The van der Waals surface area contributed by atoms with E-state index in [0.717, 1.165) is 4.88 Å². The van der Waals surface area contributed by atoms with E-state index in [4.69, 9.17) is 16.3 Å². The first-order valence-electron chi connectivity index (χ1n) is 8.37. The van der Waals surface area contributed by atoms with Gasteiger partial charge in [0.15, 0.2) is 0 Å². The maximum absolute atomic E-state index is 12.9. The van der Waals surface area contributed by atoms with Crippen LogP contribution < -0.4 is 14.8 Å².